The van der Waals surface area contributed by atoms with Crippen molar-refractivity contribution in [2.24, 2.45) is 0 Å². The fourth-order valence-electron chi connectivity index (χ4n) is 0.707. The van der Waals surface area contributed by atoms with E-state index in [2.05, 4.69) is 23.6 Å². The Morgan fingerprint density at radius 3 is 1.26 bits per heavy atom. The van der Waals surface area contributed by atoms with Crippen molar-refractivity contribution >= 4 is 57.8 Å². The molecule has 0 saturated carbocycles. The average molecular weight is 434 g/mol. The van der Waals surface area contributed by atoms with E-state index in [4.69, 9.17) is 9.05 Å². The van der Waals surface area contributed by atoms with Gasteiger partial charge in [0, 0.05) is 24.6 Å². The smallest absolute Gasteiger partial charge is 0.793 e. The van der Waals surface area contributed by atoms with Gasteiger partial charge in [0.25, 0.3) is 0 Å². The zero-order valence-electron chi connectivity index (χ0n) is 11.3. The van der Waals surface area contributed by atoms with Crippen LogP contribution in [0.25, 0.3) is 0 Å². The first-order chi connectivity index (χ1) is 8.24. The zero-order valence-corrected chi connectivity index (χ0v) is 17.3. The van der Waals surface area contributed by atoms with E-state index in [1.165, 1.54) is 22.8 Å². The fraction of sp³-hybridized carbons (Fsp3) is 1.00. The average Bonchev–Trinajstić information content (AvgIpc) is 2.17. The van der Waals surface area contributed by atoms with E-state index >= 15 is 0 Å². The van der Waals surface area contributed by atoms with Crippen LogP contribution in [-0.2, 0) is 49.7 Å². The summed E-state index contributed by atoms with van der Waals surface area (Å²) in [6.07, 6.45) is 0. The Hall–Kier alpha value is 2.36. The summed E-state index contributed by atoms with van der Waals surface area (Å²) in [7, 11) is 0. The third-order valence-corrected chi connectivity index (χ3v) is 10.1. The maximum absolute atomic E-state index is 11.0. The van der Waals surface area contributed by atoms with Gasteiger partial charge in [-0.1, -0.05) is 37.5 Å². The SMILES string of the molecule is CCOP([O-])(=S)SCC.CCOP([O-])(=S)SCC.[Cu+2]. The van der Waals surface area contributed by atoms with Gasteiger partial charge in [0.15, 0.2) is 0 Å². The molecule has 0 bridgehead atoms. The summed E-state index contributed by atoms with van der Waals surface area (Å²) in [5.41, 5.74) is -5.39. The first kappa shape index (κ1) is 26.3. The molecule has 0 aromatic rings. The largest absolute Gasteiger partial charge is 2.00 e. The van der Waals surface area contributed by atoms with E-state index in [0.29, 0.717) is 13.2 Å². The van der Waals surface area contributed by atoms with E-state index in [-0.39, 0.29) is 17.1 Å². The molecule has 0 aliphatic rings. The summed E-state index contributed by atoms with van der Waals surface area (Å²) in [5.74, 6) is 1.50. The Balaban J connectivity index is -0.000000256. The molecule has 0 rings (SSSR count). The van der Waals surface area contributed by atoms with Crippen LogP contribution in [0.1, 0.15) is 27.7 Å². The molecule has 0 aromatic heterocycles. The van der Waals surface area contributed by atoms with Crippen LogP contribution in [0.15, 0.2) is 0 Å². The Kier molecular flexibility index (Phi) is 21.1. The first-order valence-electron chi connectivity index (χ1n) is 5.44. The Labute approximate surface area is 145 Å². The molecule has 0 aromatic carbocycles. The molecular formula is C8H20CuO4P2S4. The van der Waals surface area contributed by atoms with Crippen LogP contribution in [-0.4, -0.2) is 24.7 Å². The van der Waals surface area contributed by atoms with E-state index in [0.717, 1.165) is 11.5 Å². The summed E-state index contributed by atoms with van der Waals surface area (Å²) >= 11 is 11.7. The van der Waals surface area contributed by atoms with Gasteiger partial charge in [-0.15, -0.1) is 22.8 Å². The molecule has 0 spiro atoms. The van der Waals surface area contributed by atoms with Crippen molar-refractivity contribution in [3.05, 3.63) is 0 Å². The molecule has 0 heterocycles. The minimum absolute atomic E-state index is 0. The van der Waals surface area contributed by atoms with Gasteiger partial charge in [0.05, 0.1) is 0 Å². The molecule has 0 N–H and O–H groups in total. The number of rotatable bonds is 8. The van der Waals surface area contributed by atoms with E-state index in [9.17, 15) is 9.79 Å². The summed E-state index contributed by atoms with van der Waals surface area (Å²) in [4.78, 5) is 21.9. The maximum Gasteiger partial charge on any atom is 2.00 e. The molecule has 0 aliphatic heterocycles. The molecule has 0 saturated heterocycles. The summed E-state index contributed by atoms with van der Waals surface area (Å²) in [6, 6.07) is 0. The van der Waals surface area contributed by atoms with Gasteiger partial charge in [0.1, 0.15) is 0 Å². The van der Waals surface area contributed by atoms with Gasteiger partial charge in [-0.25, -0.2) is 0 Å². The molecule has 0 aliphatic carbocycles. The summed E-state index contributed by atoms with van der Waals surface area (Å²) in [5, 5.41) is 0. The van der Waals surface area contributed by atoms with Gasteiger partial charge in [-0.2, -0.15) is 0 Å². The van der Waals surface area contributed by atoms with Gasteiger partial charge >= 0.3 is 17.1 Å². The van der Waals surface area contributed by atoms with Crippen LogP contribution in [0.3, 0.4) is 0 Å². The van der Waals surface area contributed by atoms with Crippen molar-refractivity contribution in [1.29, 1.82) is 0 Å². The zero-order chi connectivity index (χ0) is 14.7. The molecule has 0 amide bonds. The molecule has 2 unspecified atom stereocenters. The Morgan fingerprint density at radius 2 is 1.11 bits per heavy atom. The van der Waals surface area contributed by atoms with Crippen LogP contribution in [0, 0.1) is 0 Å². The molecule has 11 heteroatoms. The molecular weight excluding hydrogens is 414 g/mol. The summed E-state index contributed by atoms with van der Waals surface area (Å²) < 4.78 is 9.61. The quantitative estimate of drug-likeness (QED) is 0.427. The van der Waals surface area contributed by atoms with Crippen molar-refractivity contribution in [3.63, 3.8) is 0 Å². The second kappa shape index (κ2) is 15.3. The van der Waals surface area contributed by atoms with Gasteiger partial charge in [-0.05, 0) is 25.4 Å². The monoisotopic (exact) mass is 433 g/mol. The van der Waals surface area contributed by atoms with Gasteiger partial charge in [0.2, 0.25) is 0 Å². The predicted octanol–water partition coefficient (Wildman–Crippen LogP) is 2.72. The van der Waals surface area contributed by atoms with Crippen LogP contribution in [0.2, 0.25) is 0 Å². The van der Waals surface area contributed by atoms with Crippen molar-refractivity contribution in [2.75, 3.05) is 24.7 Å². The van der Waals surface area contributed by atoms with E-state index < -0.39 is 11.4 Å². The minimum Gasteiger partial charge on any atom is -0.793 e. The minimum atomic E-state index is -2.69. The second-order valence-corrected chi connectivity index (χ2v) is 15.2. The standard InChI is InChI=1S/2C4H11O2PS2.Cu/c2*1-3-6-7(5,8)9-4-2;/h2*3-4H2,1-2H3,(H,5,8);/q;;+2/p-2. The van der Waals surface area contributed by atoms with Crippen molar-refractivity contribution in [3.8, 4) is 0 Å². The van der Waals surface area contributed by atoms with Crippen molar-refractivity contribution < 1.29 is 35.9 Å². The second-order valence-electron chi connectivity index (χ2n) is 2.57. The third-order valence-electron chi connectivity index (χ3n) is 1.15. The maximum atomic E-state index is 11.0. The van der Waals surface area contributed by atoms with E-state index in [1.807, 2.05) is 13.8 Å². The fourth-order valence-corrected chi connectivity index (χ4v) is 7.63. The molecule has 1 radical (unpaired) electrons. The van der Waals surface area contributed by atoms with E-state index in [1.54, 1.807) is 13.8 Å². The van der Waals surface area contributed by atoms with Gasteiger partial charge in [-0.3, -0.25) is 0 Å². The molecule has 4 nitrogen and oxygen atoms in total. The number of hydrogen-bond acceptors (Lipinski definition) is 8. The van der Waals surface area contributed by atoms with Gasteiger partial charge < -0.3 is 18.8 Å². The van der Waals surface area contributed by atoms with Crippen LogP contribution in [0.4, 0.5) is 0 Å². The normalized spacial score (nSPS) is 16.3. The molecule has 2 atom stereocenters. The first-order valence-corrected chi connectivity index (χ1v) is 13.9. The molecule has 19 heavy (non-hydrogen) atoms. The third kappa shape index (κ3) is 20.4. The number of hydrogen-bond donors (Lipinski definition) is 0. The molecule has 0 fully saturated rings. The Bertz CT molecular complexity index is 248. The van der Waals surface area contributed by atoms with Crippen LogP contribution >= 0.6 is 34.2 Å². The van der Waals surface area contributed by atoms with Crippen LogP contribution in [0.5, 0.6) is 0 Å². The predicted molar refractivity (Wildman–Crippen MR) is 88.1 cm³/mol. The molecule has 121 valence electrons. The Morgan fingerprint density at radius 1 is 0.842 bits per heavy atom. The topological polar surface area (TPSA) is 64.6 Å². The summed E-state index contributed by atoms with van der Waals surface area (Å²) in [6.45, 7) is 8.26. The van der Waals surface area contributed by atoms with Crippen LogP contribution < -0.4 is 9.79 Å². The van der Waals surface area contributed by atoms with Crippen molar-refractivity contribution in [2.45, 2.75) is 27.7 Å². The van der Waals surface area contributed by atoms with Crippen molar-refractivity contribution in [1.82, 2.24) is 0 Å².